The van der Waals surface area contributed by atoms with Crippen LogP contribution in [0.15, 0.2) is 22.7 Å². The van der Waals surface area contributed by atoms with Gasteiger partial charge >= 0.3 is 0 Å². The van der Waals surface area contributed by atoms with Crippen molar-refractivity contribution in [3.8, 4) is 0 Å². The molecule has 1 aliphatic carbocycles. The largest absolute Gasteiger partial charge is 0.399 e. The normalized spacial score (nSPS) is 15.6. The second kappa shape index (κ2) is 7.27. The van der Waals surface area contributed by atoms with Gasteiger partial charge in [0.25, 0.3) is 5.91 Å². The highest BCUT2D eigenvalue weighted by Gasteiger charge is 2.28. The number of hydrogen-bond acceptors (Lipinski definition) is 3. The number of amides is 1. The number of nitrogen functional groups attached to an aromatic ring is 1. The average Bonchev–Trinajstić information content (AvgIpc) is 2.95. The fraction of sp³-hybridized carbons (Fsp3) is 0.562. The Kier molecular flexibility index (Phi) is 5.65. The maximum Gasteiger partial charge on any atom is 0.255 e. The summed E-state index contributed by atoms with van der Waals surface area (Å²) in [5.74, 6) is 0.0860. The molecule has 1 aromatic rings. The van der Waals surface area contributed by atoms with Gasteiger partial charge in [-0.1, -0.05) is 12.8 Å². The first-order valence-electron chi connectivity index (χ1n) is 7.50. The van der Waals surface area contributed by atoms with Crippen molar-refractivity contribution in [2.75, 3.05) is 32.9 Å². The molecule has 116 valence electrons. The molecule has 0 unspecified atom stereocenters. The zero-order valence-electron chi connectivity index (χ0n) is 12.8. The maximum atomic E-state index is 12.9. The van der Waals surface area contributed by atoms with Crippen molar-refractivity contribution in [2.45, 2.75) is 31.7 Å². The summed E-state index contributed by atoms with van der Waals surface area (Å²) in [6, 6.07) is 5.79. The standard InChI is InChI=1S/C16H24BrN3O/c1-19(2)9-10-20(13-5-3-4-6-13)16(21)14-11-12(18)7-8-15(14)17/h7-8,11,13H,3-6,9-10,18H2,1-2H3. The molecule has 2 N–H and O–H groups in total. The quantitative estimate of drug-likeness (QED) is 0.827. The molecule has 0 spiro atoms. The Balaban J connectivity index is 2.21. The SMILES string of the molecule is CN(C)CCN(C(=O)c1cc(N)ccc1Br)C1CCCC1. The van der Waals surface area contributed by atoms with Crippen LogP contribution in [0.2, 0.25) is 0 Å². The highest BCUT2D eigenvalue weighted by Crippen LogP contribution is 2.27. The highest BCUT2D eigenvalue weighted by molar-refractivity contribution is 9.10. The van der Waals surface area contributed by atoms with Gasteiger partial charge in [-0.25, -0.2) is 0 Å². The molecular formula is C16H24BrN3O. The van der Waals surface area contributed by atoms with Crippen LogP contribution in [0.5, 0.6) is 0 Å². The molecule has 0 aromatic heterocycles. The van der Waals surface area contributed by atoms with E-state index in [4.69, 9.17) is 5.73 Å². The summed E-state index contributed by atoms with van der Waals surface area (Å²) in [6.45, 7) is 1.64. The van der Waals surface area contributed by atoms with Crippen LogP contribution in [-0.2, 0) is 0 Å². The molecule has 1 saturated carbocycles. The Bertz CT molecular complexity index is 498. The summed E-state index contributed by atoms with van der Waals surface area (Å²) in [6.07, 6.45) is 4.65. The molecule has 1 aromatic carbocycles. The number of benzene rings is 1. The molecule has 0 heterocycles. The molecule has 5 heteroatoms. The van der Waals surface area contributed by atoms with Crippen molar-refractivity contribution in [3.05, 3.63) is 28.2 Å². The smallest absolute Gasteiger partial charge is 0.255 e. The lowest BCUT2D eigenvalue weighted by Gasteiger charge is -2.30. The van der Waals surface area contributed by atoms with Crippen LogP contribution in [0.4, 0.5) is 5.69 Å². The predicted molar refractivity (Wildman–Crippen MR) is 90.4 cm³/mol. The summed E-state index contributed by atoms with van der Waals surface area (Å²) in [5.41, 5.74) is 7.13. The van der Waals surface area contributed by atoms with E-state index in [1.165, 1.54) is 12.8 Å². The minimum absolute atomic E-state index is 0.0860. The number of halogens is 1. The first-order chi connectivity index (χ1) is 9.99. The number of nitrogens with zero attached hydrogens (tertiary/aromatic N) is 2. The summed E-state index contributed by atoms with van der Waals surface area (Å²) >= 11 is 3.47. The van der Waals surface area contributed by atoms with E-state index in [1.807, 2.05) is 25.1 Å². The third kappa shape index (κ3) is 4.20. The van der Waals surface area contributed by atoms with Gasteiger partial charge in [0, 0.05) is 29.3 Å². The van der Waals surface area contributed by atoms with Gasteiger partial charge in [-0.05, 0) is 61.1 Å². The summed E-state index contributed by atoms with van der Waals surface area (Å²) in [7, 11) is 4.07. The monoisotopic (exact) mass is 353 g/mol. The lowest BCUT2D eigenvalue weighted by Crippen LogP contribution is -2.42. The van der Waals surface area contributed by atoms with Gasteiger partial charge < -0.3 is 15.5 Å². The zero-order valence-corrected chi connectivity index (χ0v) is 14.4. The number of carbonyl (C=O) groups is 1. The van der Waals surface area contributed by atoms with Gasteiger partial charge in [0.05, 0.1) is 5.56 Å². The van der Waals surface area contributed by atoms with E-state index in [2.05, 4.69) is 20.8 Å². The first-order valence-corrected chi connectivity index (χ1v) is 8.29. The minimum atomic E-state index is 0.0860. The van der Waals surface area contributed by atoms with E-state index in [9.17, 15) is 4.79 Å². The lowest BCUT2D eigenvalue weighted by atomic mass is 10.1. The van der Waals surface area contributed by atoms with Crippen molar-refractivity contribution in [2.24, 2.45) is 0 Å². The molecule has 4 nitrogen and oxygen atoms in total. The maximum absolute atomic E-state index is 12.9. The number of carbonyl (C=O) groups excluding carboxylic acids is 1. The van der Waals surface area contributed by atoms with Crippen molar-refractivity contribution >= 4 is 27.5 Å². The van der Waals surface area contributed by atoms with Gasteiger partial charge in [0.2, 0.25) is 0 Å². The lowest BCUT2D eigenvalue weighted by molar-refractivity contribution is 0.0667. The third-order valence-corrected chi connectivity index (χ3v) is 4.73. The third-order valence-electron chi connectivity index (χ3n) is 4.04. The zero-order chi connectivity index (χ0) is 15.4. The molecule has 21 heavy (non-hydrogen) atoms. The van der Waals surface area contributed by atoms with Gasteiger partial charge in [-0.15, -0.1) is 0 Å². The van der Waals surface area contributed by atoms with Crippen LogP contribution < -0.4 is 5.73 Å². The number of hydrogen-bond donors (Lipinski definition) is 1. The van der Waals surface area contributed by atoms with Crippen LogP contribution in [0.1, 0.15) is 36.0 Å². The number of anilines is 1. The minimum Gasteiger partial charge on any atom is -0.399 e. The van der Waals surface area contributed by atoms with Gasteiger partial charge in [-0.3, -0.25) is 4.79 Å². The molecule has 1 aliphatic rings. The van der Waals surface area contributed by atoms with E-state index >= 15 is 0 Å². The molecule has 0 radical (unpaired) electrons. The van der Waals surface area contributed by atoms with Gasteiger partial charge in [-0.2, -0.15) is 0 Å². The van der Waals surface area contributed by atoms with E-state index in [0.717, 1.165) is 30.4 Å². The first kappa shape index (κ1) is 16.3. The van der Waals surface area contributed by atoms with Gasteiger partial charge in [0.15, 0.2) is 0 Å². The molecule has 0 saturated heterocycles. The molecule has 1 amide bonds. The Labute approximate surface area is 135 Å². The Morgan fingerprint density at radius 1 is 1.29 bits per heavy atom. The van der Waals surface area contributed by atoms with Crippen LogP contribution in [0.3, 0.4) is 0 Å². The van der Waals surface area contributed by atoms with Crippen LogP contribution in [0.25, 0.3) is 0 Å². The van der Waals surface area contributed by atoms with E-state index in [-0.39, 0.29) is 5.91 Å². The molecule has 0 bridgehead atoms. The second-order valence-electron chi connectivity index (χ2n) is 5.98. The van der Waals surface area contributed by atoms with Crippen LogP contribution in [-0.4, -0.2) is 48.9 Å². The number of rotatable bonds is 5. The molecule has 2 rings (SSSR count). The molecule has 0 aliphatic heterocycles. The van der Waals surface area contributed by atoms with E-state index < -0.39 is 0 Å². The average molecular weight is 354 g/mol. The Hall–Kier alpha value is -1.07. The van der Waals surface area contributed by atoms with E-state index in [0.29, 0.717) is 17.3 Å². The van der Waals surface area contributed by atoms with Crippen molar-refractivity contribution in [3.63, 3.8) is 0 Å². The number of nitrogens with two attached hydrogens (primary N) is 1. The topological polar surface area (TPSA) is 49.6 Å². The van der Waals surface area contributed by atoms with Crippen molar-refractivity contribution in [1.29, 1.82) is 0 Å². The Morgan fingerprint density at radius 3 is 2.57 bits per heavy atom. The summed E-state index contributed by atoms with van der Waals surface area (Å²) in [5, 5.41) is 0. The molecule has 1 fully saturated rings. The van der Waals surface area contributed by atoms with Crippen LogP contribution in [0, 0.1) is 0 Å². The molecular weight excluding hydrogens is 330 g/mol. The van der Waals surface area contributed by atoms with Crippen molar-refractivity contribution < 1.29 is 4.79 Å². The summed E-state index contributed by atoms with van der Waals surface area (Å²) < 4.78 is 0.814. The molecule has 0 atom stereocenters. The number of likely N-dealkylation sites (N-methyl/N-ethyl adjacent to an activating group) is 1. The van der Waals surface area contributed by atoms with Crippen molar-refractivity contribution in [1.82, 2.24) is 9.80 Å². The van der Waals surface area contributed by atoms with Crippen LogP contribution >= 0.6 is 15.9 Å². The Morgan fingerprint density at radius 2 is 1.95 bits per heavy atom. The fourth-order valence-corrected chi connectivity index (χ4v) is 3.25. The van der Waals surface area contributed by atoms with E-state index in [1.54, 1.807) is 12.1 Å². The fourth-order valence-electron chi connectivity index (χ4n) is 2.84. The van der Waals surface area contributed by atoms with Gasteiger partial charge in [0.1, 0.15) is 0 Å². The second-order valence-corrected chi connectivity index (χ2v) is 6.83. The summed E-state index contributed by atoms with van der Waals surface area (Å²) in [4.78, 5) is 17.1. The highest BCUT2D eigenvalue weighted by atomic mass is 79.9. The predicted octanol–water partition coefficient (Wildman–Crippen LogP) is 2.98.